The Labute approximate surface area is 105 Å². The third-order valence-electron chi connectivity index (χ3n) is 3.96. The maximum Gasteiger partial charge on any atom is 0.216 e. The van der Waals surface area contributed by atoms with Gasteiger partial charge in [0.2, 0.25) is 10.0 Å². The predicted octanol–water partition coefficient (Wildman–Crippen LogP) is 1.09. The molecule has 5 heteroatoms. The minimum atomic E-state index is -3.12. The van der Waals surface area contributed by atoms with E-state index in [-0.39, 0.29) is 11.3 Å². The Kier molecular flexibility index (Phi) is 4.10. The molecule has 2 fully saturated rings. The van der Waals surface area contributed by atoms with Gasteiger partial charge in [0.25, 0.3) is 0 Å². The summed E-state index contributed by atoms with van der Waals surface area (Å²) in [7, 11) is -3.12. The zero-order valence-electron chi connectivity index (χ0n) is 10.8. The van der Waals surface area contributed by atoms with Gasteiger partial charge >= 0.3 is 0 Å². The molecule has 17 heavy (non-hydrogen) atoms. The Morgan fingerprint density at radius 2 is 1.76 bits per heavy atom. The lowest BCUT2D eigenvalue weighted by Crippen LogP contribution is -2.44. The summed E-state index contributed by atoms with van der Waals surface area (Å²) in [5, 5.41) is 2.89. The van der Waals surface area contributed by atoms with Gasteiger partial charge in [0, 0.05) is 12.6 Å². The molecule has 2 rings (SSSR count). The van der Waals surface area contributed by atoms with E-state index in [0.717, 1.165) is 25.8 Å². The fourth-order valence-electron chi connectivity index (χ4n) is 3.26. The number of hydrogen-bond donors (Lipinski definition) is 2. The van der Waals surface area contributed by atoms with Gasteiger partial charge < -0.3 is 5.32 Å². The van der Waals surface area contributed by atoms with E-state index < -0.39 is 10.0 Å². The SMILES string of the molecule is CC1CC(C)CC(NS(=O)(=O)C2CCNC2)C1. The van der Waals surface area contributed by atoms with Crippen LogP contribution in [-0.4, -0.2) is 32.8 Å². The molecular weight excluding hydrogens is 236 g/mol. The van der Waals surface area contributed by atoms with Crippen molar-refractivity contribution >= 4 is 10.0 Å². The van der Waals surface area contributed by atoms with Crippen LogP contribution in [0.5, 0.6) is 0 Å². The third-order valence-corrected chi connectivity index (χ3v) is 5.91. The summed E-state index contributed by atoms with van der Waals surface area (Å²) in [5.41, 5.74) is 0. The molecule has 0 amide bonds. The van der Waals surface area contributed by atoms with Crippen LogP contribution < -0.4 is 10.0 Å². The van der Waals surface area contributed by atoms with Gasteiger partial charge in [-0.15, -0.1) is 0 Å². The fourth-order valence-corrected chi connectivity index (χ4v) is 4.88. The van der Waals surface area contributed by atoms with Crippen LogP contribution in [0.4, 0.5) is 0 Å². The van der Waals surface area contributed by atoms with Crippen LogP contribution in [0.2, 0.25) is 0 Å². The van der Waals surface area contributed by atoms with Crippen molar-refractivity contribution in [1.29, 1.82) is 0 Å². The molecule has 0 aromatic heterocycles. The molecule has 1 aliphatic heterocycles. The smallest absolute Gasteiger partial charge is 0.216 e. The van der Waals surface area contributed by atoms with Gasteiger partial charge in [-0.25, -0.2) is 13.1 Å². The molecule has 1 saturated carbocycles. The minimum absolute atomic E-state index is 0.152. The van der Waals surface area contributed by atoms with E-state index in [1.54, 1.807) is 0 Å². The highest BCUT2D eigenvalue weighted by Gasteiger charge is 2.33. The second-order valence-corrected chi connectivity index (χ2v) is 7.88. The molecule has 0 aromatic rings. The second-order valence-electron chi connectivity index (χ2n) is 5.89. The monoisotopic (exact) mass is 260 g/mol. The Bertz CT molecular complexity index is 340. The molecule has 100 valence electrons. The quantitative estimate of drug-likeness (QED) is 0.799. The van der Waals surface area contributed by atoms with E-state index in [0.29, 0.717) is 18.4 Å². The van der Waals surface area contributed by atoms with Crippen LogP contribution >= 0.6 is 0 Å². The van der Waals surface area contributed by atoms with Crippen molar-refractivity contribution in [3.05, 3.63) is 0 Å². The largest absolute Gasteiger partial charge is 0.315 e. The molecule has 0 radical (unpaired) electrons. The molecule has 0 bridgehead atoms. The van der Waals surface area contributed by atoms with Crippen molar-refractivity contribution in [3.63, 3.8) is 0 Å². The summed E-state index contributed by atoms with van der Waals surface area (Å²) < 4.78 is 27.3. The Hall–Kier alpha value is -0.130. The molecule has 1 heterocycles. The zero-order valence-corrected chi connectivity index (χ0v) is 11.6. The number of nitrogens with one attached hydrogen (secondary N) is 2. The van der Waals surface area contributed by atoms with Gasteiger partial charge in [-0.3, -0.25) is 0 Å². The van der Waals surface area contributed by atoms with Crippen LogP contribution in [0, 0.1) is 11.8 Å². The lowest BCUT2D eigenvalue weighted by molar-refractivity contribution is 0.257. The van der Waals surface area contributed by atoms with E-state index in [1.807, 2.05) is 0 Å². The topological polar surface area (TPSA) is 58.2 Å². The van der Waals surface area contributed by atoms with Gasteiger partial charge in [0.15, 0.2) is 0 Å². The summed E-state index contributed by atoms with van der Waals surface area (Å²) in [6.07, 6.45) is 3.95. The molecule has 2 N–H and O–H groups in total. The normalized spacial score (nSPS) is 39.4. The highest BCUT2D eigenvalue weighted by molar-refractivity contribution is 7.90. The average Bonchev–Trinajstić information content (AvgIpc) is 2.67. The molecule has 3 unspecified atom stereocenters. The predicted molar refractivity (Wildman–Crippen MR) is 69.3 cm³/mol. The number of sulfonamides is 1. The van der Waals surface area contributed by atoms with E-state index in [2.05, 4.69) is 23.9 Å². The van der Waals surface area contributed by atoms with E-state index in [9.17, 15) is 8.42 Å². The maximum absolute atomic E-state index is 12.2. The van der Waals surface area contributed by atoms with Crippen LogP contribution in [0.3, 0.4) is 0 Å². The van der Waals surface area contributed by atoms with Crippen LogP contribution in [-0.2, 0) is 10.0 Å². The summed E-state index contributed by atoms with van der Waals surface area (Å²) in [4.78, 5) is 0. The Morgan fingerprint density at radius 3 is 2.29 bits per heavy atom. The molecular formula is C12H24N2O2S. The number of hydrogen-bond acceptors (Lipinski definition) is 3. The van der Waals surface area contributed by atoms with Crippen molar-refractivity contribution in [2.45, 2.75) is 50.8 Å². The summed E-state index contributed by atoms with van der Waals surface area (Å²) >= 11 is 0. The van der Waals surface area contributed by atoms with Gasteiger partial charge in [0.05, 0.1) is 5.25 Å². The first-order valence-corrected chi connectivity index (χ1v) is 8.24. The lowest BCUT2D eigenvalue weighted by atomic mass is 9.81. The first-order valence-electron chi connectivity index (χ1n) is 6.69. The number of rotatable bonds is 3. The maximum atomic E-state index is 12.2. The van der Waals surface area contributed by atoms with Crippen LogP contribution in [0.15, 0.2) is 0 Å². The van der Waals surface area contributed by atoms with Crippen molar-refractivity contribution in [3.8, 4) is 0 Å². The zero-order chi connectivity index (χ0) is 12.5. The summed E-state index contributed by atoms with van der Waals surface area (Å²) in [6.45, 7) is 5.86. The van der Waals surface area contributed by atoms with E-state index in [4.69, 9.17) is 0 Å². The van der Waals surface area contributed by atoms with Crippen LogP contribution in [0.25, 0.3) is 0 Å². The molecule has 4 nitrogen and oxygen atoms in total. The second kappa shape index (κ2) is 5.24. The first-order chi connectivity index (χ1) is 7.97. The highest BCUT2D eigenvalue weighted by Crippen LogP contribution is 2.29. The lowest BCUT2D eigenvalue weighted by Gasteiger charge is -2.32. The summed E-state index contributed by atoms with van der Waals surface area (Å²) in [6, 6.07) is 0.152. The standard InChI is InChI=1S/C12H24N2O2S/c1-9-5-10(2)7-11(6-9)14-17(15,16)12-3-4-13-8-12/h9-14H,3-8H2,1-2H3. The fraction of sp³-hybridized carbons (Fsp3) is 1.00. The van der Waals surface area contributed by atoms with Gasteiger partial charge in [-0.2, -0.15) is 0 Å². The van der Waals surface area contributed by atoms with Crippen molar-refractivity contribution < 1.29 is 8.42 Å². The Morgan fingerprint density at radius 1 is 1.12 bits per heavy atom. The van der Waals surface area contributed by atoms with E-state index in [1.165, 1.54) is 6.42 Å². The van der Waals surface area contributed by atoms with Crippen molar-refractivity contribution in [2.75, 3.05) is 13.1 Å². The van der Waals surface area contributed by atoms with Gasteiger partial charge in [-0.05, 0) is 44.1 Å². The van der Waals surface area contributed by atoms with Crippen LogP contribution in [0.1, 0.15) is 39.5 Å². The first kappa shape index (κ1) is 13.3. The highest BCUT2D eigenvalue weighted by atomic mass is 32.2. The Balaban J connectivity index is 1.95. The van der Waals surface area contributed by atoms with E-state index >= 15 is 0 Å². The third kappa shape index (κ3) is 3.42. The average molecular weight is 260 g/mol. The molecule has 2 aliphatic rings. The minimum Gasteiger partial charge on any atom is -0.315 e. The molecule has 1 aliphatic carbocycles. The van der Waals surface area contributed by atoms with Crippen molar-refractivity contribution in [1.82, 2.24) is 10.0 Å². The van der Waals surface area contributed by atoms with Crippen molar-refractivity contribution in [2.24, 2.45) is 11.8 Å². The van der Waals surface area contributed by atoms with Gasteiger partial charge in [-0.1, -0.05) is 13.8 Å². The summed E-state index contributed by atoms with van der Waals surface area (Å²) in [5.74, 6) is 1.27. The molecule has 3 atom stereocenters. The molecule has 1 saturated heterocycles. The molecule has 0 spiro atoms. The van der Waals surface area contributed by atoms with Gasteiger partial charge in [0.1, 0.15) is 0 Å². The molecule has 0 aromatic carbocycles.